The summed E-state index contributed by atoms with van der Waals surface area (Å²) in [5, 5.41) is 11.3. The molecule has 0 aromatic rings. The first-order chi connectivity index (χ1) is 3.93. The molecule has 1 heterocycles. The molecule has 1 aliphatic heterocycles. The first-order valence-electron chi connectivity index (χ1n) is 2.41. The van der Waals surface area contributed by atoms with E-state index in [-0.39, 0.29) is 0 Å². The van der Waals surface area contributed by atoms with Crippen molar-refractivity contribution in [1.82, 2.24) is 0 Å². The zero-order valence-electron chi connectivity index (χ0n) is 4.33. The summed E-state index contributed by atoms with van der Waals surface area (Å²) < 4.78 is 0.816. The maximum absolute atomic E-state index is 8.24. The molecule has 1 aliphatic rings. The highest BCUT2D eigenvalue weighted by Crippen LogP contribution is 2.24. The predicted molar refractivity (Wildman–Crippen MR) is 38.8 cm³/mol. The van der Waals surface area contributed by atoms with Crippen molar-refractivity contribution in [2.75, 3.05) is 11.5 Å². The van der Waals surface area contributed by atoms with Gasteiger partial charge >= 0.3 is 0 Å². The SMILES string of the molecule is ON=C1SCCCS1. The van der Waals surface area contributed by atoms with Gasteiger partial charge in [0.05, 0.1) is 0 Å². The van der Waals surface area contributed by atoms with Crippen LogP contribution in [0, 0.1) is 0 Å². The van der Waals surface area contributed by atoms with Crippen LogP contribution in [0.3, 0.4) is 0 Å². The summed E-state index contributed by atoms with van der Waals surface area (Å²) in [4.78, 5) is 0. The van der Waals surface area contributed by atoms with Gasteiger partial charge in [-0.3, -0.25) is 0 Å². The van der Waals surface area contributed by atoms with Gasteiger partial charge in [-0.05, 0) is 6.42 Å². The second-order valence-electron chi connectivity index (χ2n) is 1.42. The average molecular weight is 149 g/mol. The Kier molecular flexibility index (Phi) is 2.55. The summed E-state index contributed by atoms with van der Waals surface area (Å²) in [5.41, 5.74) is 0. The van der Waals surface area contributed by atoms with E-state index in [9.17, 15) is 0 Å². The largest absolute Gasteiger partial charge is 0.410 e. The van der Waals surface area contributed by atoms with E-state index in [1.54, 1.807) is 23.5 Å². The molecule has 46 valence electrons. The molecule has 8 heavy (non-hydrogen) atoms. The fraction of sp³-hybridized carbons (Fsp3) is 0.750. The van der Waals surface area contributed by atoms with Crippen LogP contribution in [0.15, 0.2) is 5.16 Å². The van der Waals surface area contributed by atoms with Crippen molar-refractivity contribution in [3.63, 3.8) is 0 Å². The van der Waals surface area contributed by atoms with Gasteiger partial charge in [-0.25, -0.2) is 0 Å². The first-order valence-corrected chi connectivity index (χ1v) is 4.38. The van der Waals surface area contributed by atoms with Gasteiger partial charge in [-0.2, -0.15) is 0 Å². The van der Waals surface area contributed by atoms with Gasteiger partial charge in [0.1, 0.15) is 0 Å². The summed E-state index contributed by atoms with van der Waals surface area (Å²) in [7, 11) is 0. The molecule has 0 atom stereocenters. The predicted octanol–water partition coefficient (Wildman–Crippen LogP) is 1.60. The standard InChI is InChI=1S/C4H7NOS2/c6-5-4-7-2-1-3-8-4/h6H,1-3H2. The summed E-state index contributed by atoms with van der Waals surface area (Å²) in [6.45, 7) is 0. The van der Waals surface area contributed by atoms with Gasteiger partial charge in [-0.1, -0.05) is 28.7 Å². The normalized spacial score (nSPS) is 20.8. The van der Waals surface area contributed by atoms with E-state index < -0.39 is 0 Å². The second kappa shape index (κ2) is 3.25. The minimum Gasteiger partial charge on any atom is -0.410 e. The van der Waals surface area contributed by atoms with Crippen LogP contribution in [0.4, 0.5) is 0 Å². The number of thioether (sulfide) groups is 2. The van der Waals surface area contributed by atoms with Crippen LogP contribution in [0.25, 0.3) is 0 Å². The molecule has 0 amide bonds. The van der Waals surface area contributed by atoms with E-state index in [2.05, 4.69) is 5.16 Å². The Bertz CT molecular complexity index is 96.2. The van der Waals surface area contributed by atoms with Gasteiger partial charge < -0.3 is 5.21 Å². The Morgan fingerprint density at radius 3 is 2.38 bits per heavy atom. The smallest absolute Gasteiger partial charge is 0.169 e. The molecule has 0 bridgehead atoms. The maximum atomic E-state index is 8.24. The number of hydrogen-bond donors (Lipinski definition) is 1. The van der Waals surface area contributed by atoms with Gasteiger partial charge in [-0.15, -0.1) is 0 Å². The zero-order valence-corrected chi connectivity index (χ0v) is 5.97. The van der Waals surface area contributed by atoms with Crippen LogP contribution in [0.1, 0.15) is 6.42 Å². The Morgan fingerprint density at radius 1 is 1.38 bits per heavy atom. The van der Waals surface area contributed by atoms with Crippen LogP contribution in [-0.2, 0) is 0 Å². The highest BCUT2D eigenvalue weighted by atomic mass is 32.2. The van der Waals surface area contributed by atoms with Crippen molar-refractivity contribution in [2.24, 2.45) is 5.16 Å². The summed E-state index contributed by atoms with van der Waals surface area (Å²) in [6, 6.07) is 0. The van der Waals surface area contributed by atoms with E-state index in [0.29, 0.717) is 0 Å². The van der Waals surface area contributed by atoms with Gasteiger partial charge in [0.2, 0.25) is 0 Å². The Balaban J connectivity index is 2.33. The molecule has 0 unspecified atom stereocenters. The molecule has 1 N–H and O–H groups in total. The van der Waals surface area contributed by atoms with Crippen LogP contribution in [0.2, 0.25) is 0 Å². The molecule has 0 spiro atoms. The third-order valence-electron chi connectivity index (χ3n) is 0.821. The molecule has 0 radical (unpaired) electrons. The molecule has 0 aromatic heterocycles. The third kappa shape index (κ3) is 1.59. The molecule has 0 aromatic carbocycles. The quantitative estimate of drug-likeness (QED) is 0.419. The van der Waals surface area contributed by atoms with Crippen LogP contribution >= 0.6 is 23.5 Å². The number of oxime groups is 1. The van der Waals surface area contributed by atoms with Crippen molar-refractivity contribution < 1.29 is 5.21 Å². The highest BCUT2D eigenvalue weighted by Gasteiger charge is 2.06. The van der Waals surface area contributed by atoms with Gasteiger partial charge in [0.25, 0.3) is 0 Å². The molecule has 0 saturated carbocycles. The van der Waals surface area contributed by atoms with Crippen molar-refractivity contribution in [3.05, 3.63) is 0 Å². The van der Waals surface area contributed by atoms with E-state index in [0.717, 1.165) is 15.9 Å². The molecular formula is C4H7NOS2. The highest BCUT2D eigenvalue weighted by molar-refractivity contribution is 8.39. The minimum atomic E-state index is 0.816. The second-order valence-corrected chi connectivity index (χ2v) is 3.84. The molecular weight excluding hydrogens is 142 g/mol. The monoisotopic (exact) mass is 149 g/mol. The van der Waals surface area contributed by atoms with Crippen molar-refractivity contribution in [1.29, 1.82) is 0 Å². The van der Waals surface area contributed by atoms with Crippen LogP contribution in [-0.4, -0.2) is 21.1 Å². The van der Waals surface area contributed by atoms with E-state index in [4.69, 9.17) is 5.21 Å². The number of hydrogen-bond acceptors (Lipinski definition) is 4. The Hall–Kier alpha value is 0.170. The molecule has 1 saturated heterocycles. The number of nitrogens with zero attached hydrogens (tertiary/aromatic N) is 1. The van der Waals surface area contributed by atoms with Crippen molar-refractivity contribution in [2.45, 2.75) is 6.42 Å². The topological polar surface area (TPSA) is 32.6 Å². The fourth-order valence-electron chi connectivity index (χ4n) is 0.477. The van der Waals surface area contributed by atoms with Gasteiger partial charge in [0.15, 0.2) is 4.38 Å². The maximum Gasteiger partial charge on any atom is 0.169 e. The van der Waals surface area contributed by atoms with Crippen molar-refractivity contribution in [3.8, 4) is 0 Å². The molecule has 0 aliphatic carbocycles. The molecule has 4 heteroatoms. The Labute approximate surface area is 56.7 Å². The lowest BCUT2D eigenvalue weighted by Gasteiger charge is -2.07. The lowest BCUT2D eigenvalue weighted by Crippen LogP contribution is -1.98. The van der Waals surface area contributed by atoms with E-state index >= 15 is 0 Å². The Morgan fingerprint density at radius 2 is 2.00 bits per heavy atom. The lowest BCUT2D eigenvalue weighted by atomic mass is 10.6. The van der Waals surface area contributed by atoms with E-state index in [1.165, 1.54) is 6.42 Å². The number of rotatable bonds is 0. The summed E-state index contributed by atoms with van der Waals surface area (Å²) in [5.74, 6) is 2.21. The van der Waals surface area contributed by atoms with Crippen molar-refractivity contribution >= 4 is 27.9 Å². The summed E-state index contributed by atoms with van der Waals surface area (Å²) in [6.07, 6.45) is 1.23. The molecule has 2 nitrogen and oxygen atoms in total. The molecule has 1 fully saturated rings. The fourth-order valence-corrected chi connectivity index (χ4v) is 2.54. The molecule has 1 rings (SSSR count). The zero-order chi connectivity index (χ0) is 5.82. The average Bonchev–Trinajstić information content (AvgIpc) is 1.90. The first kappa shape index (κ1) is 6.29. The van der Waals surface area contributed by atoms with E-state index in [1.807, 2.05) is 0 Å². The van der Waals surface area contributed by atoms with Crippen LogP contribution < -0.4 is 0 Å². The third-order valence-corrected chi connectivity index (χ3v) is 3.17. The van der Waals surface area contributed by atoms with Crippen LogP contribution in [0.5, 0.6) is 0 Å². The van der Waals surface area contributed by atoms with Gasteiger partial charge in [0, 0.05) is 11.5 Å². The lowest BCUT2D eigenvalue weighted by molar-refractivity contribution is 0.322. The minimum absolute atomic E-state index is 0.816. The summed E-state index contributed by atoms with van der Waals surface area (Å²) >= 11 is 3.25.